The monoisotopic (exact) mass is 151 g/mol. The van der Waals surface area contributed by atoms with Crippen LogP contribution in [0.15, 0.2) is 29.4 Å². The molecule has 0 aliphatic rings. The van der Waals surface area contributed by atoms with Gasteiger partial charge in [0.2, 0.25) is 0 Å². The average molecular weight is 151 g/mol. The van der Waals surface area contributed by atoms with Crippen molar-refractivity contribution in [3.8, 4) is 0 Å². The van der Waals surface area contributed by atoms with E-state index in [-0.39, 0.29) is 0 Å². The SMILES string of the molecule is C=C/C(C)=N\C(=C/C)C(C)C. The molecule has 0 N–H and O–H groups in total. The topological polar surface area (TPSA) is 12.4 Å². The van der Waals surface area contributed by atoms with Crippen molar-refractivity contribution < 1.29 is 0 Å². The van der Waals surface area contributed by atoms with Crippen molar-refractivity contribution >= 4 is 5.71 Å². The van der Waals surface area contributed by atoms with Gasteiger partial charge in [0.15, 0.2) is 0 Å². The Labute approximate surface area is 69.5 Å². The summed E-state index contributed by atoms with van der Waals surface area (Å²) in [5.74, 6) is 0.495. The Kier molecular flexibility index (Phi) is 4.51. The van der Waals surface area contributed by atoms with Crippen LogP contribution in [0.3, 0.4) is 0 Å². The Hall–Kier alpha value is -0.850. The molecule has 0 radical (unpaired) electrons. The van der Waals surface area contributed by atoms with Gasteiger partial charge in [0.1, 0.15) is 0 Å². The van der Waals surface area contributed by atoms with E-state index in [1.807, 2.05) is 19.9 Å². The molecule has 0 bridgehead atoms. The summed E-state index contributed by atoms with van der Waals surface area (Å²) < 4.78 is 0. The van der Waals surface area contributed by atoms with Gasteiger partial charge < -0.3 is 0 Å². The minimum Gasteiger partial charge on any atom is -0.258 e. The quantitative estimate of drug-likeness (QED) is 0.549. The van der Waals surface area contributed by atoms with E-state index in [1.54, 1.807) is 6.08 Å². The first-order chi connectivity index (χ1) is 5.11. The Morgan fingerprint density at radius 1 is 1.45 bits per heavy atom. The maximum Gasteiger partial charge on any atom is 0.0389 e. The molecule has 0 aliphatic heterocycles. The summed E-state index contributed by atoms with van der Waals surface area (Å²) in [5, 5.41) is 0. The number of rotatable bonds is 3. The standard InChI is InChI=1S/C10H17N/c1-6-9(5)11-10(7-2)8(3)4/h6-8H,1H2,2-5H3/b10-7-,11-9-. The normalized spacial score (nSPS) is 13.9. The van der Waals surface area contributed by atoms with Crippen molar-refractivity contribution in [3.05, 3.63) is 24.4 Å². The highest BCUT2D eigenvalue weighted by Gasteiger charge is 1.98. The van der Waals surface area contributed by atoms with Crippen molar-refractivity contribution in [2.24, 2.45) is 10.9 Å². The van der Waals surface area contributed by atoms with E-state index in [1.165, 1.54) is 0 Å². The Morgan fingerprint density at radius 2 is 2.00 bits per heavy atom. The van der Waals surface area contributed by atoms with E-state index in [4.69, 9.17) is 0 Å². The van der Waals surface area contributed by atoms with Crippen LogP contribution in [0.1, 0.15) is 27.7 Å². The number of aliphatic imine (C=N–C) groups is 1. The van der Waals surface area contributed by atoms with Gasteiger partial charge >= 0.3 is 0 Å². The van der Waals surface area contributed by atoms with Crippen LogP contribution in [0.25, 0.3) is 0 Å². The molecule has 0 aliphatic carbocycles. The van der Waals surface area contributed by atoms with Crippen molar-refractivity contribution in [1.29, 1.82) is 0 Å². The Balaban J connectivity index is 4.44. The lowest BCUT2D eigenvalue weighted by Crippen LogP contribution is -1.93. The van der Waals surface area contributed by atoms with E-state index in [9.17, 15) is 0 Å². The molecule has 1 nitrogen and oxygen atoms in total. The lowest BCUT2D eigenvalue weighted by atomic mass is 10.1. The van der Waals surface area contributed by atoms with E-state index < -0.39 is 0 Å². The van der Waals surface area contributed by atoms with Crippen LogP contribution in [-0.4, -0.2) is 5.71 Å². The fraction of sp³-hybridized carbons (Fsp3) is 0.500. The molecule has 0 aromatic rings. The highest BCUT2D eigenvalue weighted by atomic mass is 14.8. The summed E-state index contributed by atoms with van der Waals surface area (Å²) >= 11 is 0. The Morgan fingerprint density at radius 3 is 2.27 bits per heavy atom. The highest BCUT2D eigenvalue weighted by Crippen LogP contribution is 2.10. The fourth-order valence-electron chi connectivity index (χ4n) is 0.776. The van der Waals surface area contributed by atoms with Crippen molar-refractivity contribution in [3.63, 3.8) is 0 Å². The zero-order chi connectivity index (χ0) is 8.85. The van der Waals surface area contributed by atoms with Crippen LogP contribution >= 0.6 is 0 Å². The molecule has 0 saturated heterocycles. The third-order valence-electron chi connectivity index (χ3n) is 1.49. The lowest BCUT2D eigenvalue weighted by molar-refractivity contribution is 0.756. The molecule has 11 heavy (non-hydrogen) atoms. The maximum atomic E-state index is 4.37. The third-order valence-corrected chi connectivity index (χ3v) is 1.49. The molecule has 0 fully saturated rings. The highest BCUT2D eigenvalue weighted by molar-refractivity contribution is 5.92. The second-order valence-electron chi connectivity index (χ2n) is 2.83. The first-order valence-corrected chi connectivity index (χ1v) is 3.95. The molecule has 0 unspecified atom stereocenters. The van der Waals surface area contributed by atoms with Crippen LogP contribution in [0.5, 0.6) is 0 Å². The van der Waals surface area contributed by atoms with Crippen molar-refractivity contribution in [2.75, 3.05) is 0 Å². The van der Waals surface area contributed by atoms with Gasteiger partial charge in [-0.1, -0.05) is 26.5 Å². The molecule has 0 heterocycles. The minimum atomic E-state index is 0.495. The van der Waals surface area contributed by atoms with E-state index in [0.717, 1.165) is 11.4 Å². The Bertz CT molecular complexity index is 185. The van der Waals surface area contributed by atoms with E-state index in [2.05, 4.69) is 25.4 Å². The number of nitrogens with zero attached hydrogens (tertiary/aromatic N) is 1. The predicted molar refractivity (Wildman–Crippen MR) is 51.9 cm³/mol. The predicted octanol–water partition coefficient (Wildman–Crippen LogP) is 3.19. The zero-order valence-corrected chi connectivity index (χ0v) is 7.89. The van der Waals surface area contributed by atoms with Gasteiger partial charge in [-0.2, -0.15) is 0 Å². The van der Waals surface area contributed by atoms with Crippen LogP contribution in [0.4, 0.5) is 0 Å². The molecule has 0 aromatic heterocycles. The average Bonchev–Trinajstić information content (AvgIpc) is 1.99. The van der Waals surface area contributed by atoms with Gasteiger partial charge in [0.05, 0.1) is 0 Å². The van der Waals surface area contributed by atoms with Gasteiger partial charge in [-0.3, -0.25) is 4.99 Å². The summed E-state index contributed by atoms with van der Waals surface area (Å²) in [6.07, 6.45) is 3.81. The maximum absolute atomic E-state index is 4.37. The number of hydrogen-bond acceptors (Lipinski definition) is 1. The summed E-state index contributed by atoms with van der Waals surface area (Å²) in [6, 6.07) is 0. The fourth-order valence-corrected chi connectivity index (χ4v) is 0.776. The molecule has 0 atom stereocenters. The van der Waals surface area contributed by atoms with Gasteiger partial charge in [-0.25, -0.2) is 0 Å². The van der Waals surface area contributed by atoms with Gasteiger partial charge in [0, 0.05) is 11.4 Å². The smallest absolute Gasteiger partial charge is 0.0389 e. The molecule has 1 heteroatoms. The number of allylic oxidation sites excluding steroid dienone is 3. The largest absolute Gasteiger partial charge is 0.258 e. The second kappa shape index (κ2) is 4.89. The summed E-state index contributed by atoms with van der Waals surface area (Å²) in [6.45, 7) is 11.9. The molecule has 0 amide bonds. The molecule has 62 valence electrons. The zero-order valence-electron chi connectivity index (χ0n) is 7.89. The van der Waals surface area contributed by atoms with Crippen LogP contribution in [0, 0.1) is 5.92 Å². The third kappa shape index (κ3) is 3.76. The first kappa shape index (κ1) is 10.2. The molecular formula is C10H17N. The second-order valence-corrected chi connectivity index (χ2v) is 2.83. The van der Waals surface area contributed by atoms with Crippen LogP contribution < -0.4 is 0 Å². The first-order valence-electron chi connectivity index (χ1n) is 3.95. The van der Waals surface area contributed by atoms with Gasteiger partial charge in [0.25, 0.3) is 0 Å². The van der Waals surface area contributed by atoms with Crippen molar-refractivity contribution in [1.82, 2.24) is 0 Å². The molecule has 0 aromatic carbocycles. The van der Waals surface area contributed by atoms with Crippen LogP contribution in [-0.2, 0) is 0 Å². The summed E-state index contributed by atoms with van der Waals surface area (Å²) in [4.78, 5) is 4.37. The molecule has 0 spiro atoms. The van der Waals surface area contributed by atoms with E-state index >= 15 is 0 Å². The number of hydrogen-bond donors (Lipinski definition) is 0. The van der Waals surface area contributed by atoms with Crippen molar-refractivity contribution in [2.45, 2.75) is 27.7 Å². The van der Waals surface area contributed by atoms with E-state index in [0.29, 0.717) is 5.92 Å². The summed E-state index contributed by atoms with van der Waals surface area (Å²) in [7, 11) is 0. The lowest BCUT2D eigenvalue weighted by Gasteiger charge is -2.04. The van der Waals surface area contributed by atoms with Gasteiger partial charge in [-0.15, -0.1) is 0 Å². The van der Waals surface area contributed by atoms with Crippen LogP contribution in [0.2, 0.25) is 0 Å². The molecular weight excluding hydrogens is 134 g/mol. The summed E-state index contributed by atoms with van der Waals surface area (Å²) in [5.41, 5.74) is 2.11. The molecule has 0 rings (SSSR count). The molecule has 0 saturated carbocycles. The minimum absolute atomic E-state index is 0.495. The van der Waals surface area contributed by atoms with Gasteiger partial charge in [-0.05, 0) is 25.8 Å².